The molecule has 0 radical (unpaired) electrons. The number of benzene rings is 2. The summed E-state index contributed by atoms with van der Waals surface area (Å²) in [6.07, 6.45) is 0.925. The highest BCUT2D eigenvalue weighted by atomic mass is 32.2. The van der Waals surface area contributed by atoms with Crippen LogP contribution in [0.15, 0.2) is 53.4 Å². The van der Waals surface area contributed by atoms with Crippen molar-refractivity contribution in [2.75, 3.05) is 46.2 Å². The number of fused-ring (bicyclic) bond motifs is 2. The highest BCUT2D eigenvalue weighted by molar-refractivity contribution is 7.89. The molecule has 5 unspecified atom stereocenters. The number of aliphatic hydroxyl groups excluding tert-OH is 2. The Balaban J connectivity index is 1.32. The van der Waals surface area contributed by atoms with Gasteiger partial charge in [0.2, 0.25) is 22.7 Å². The van der Waals surface area contributed by atoms with Gasteiger partial charge in [0, 0.05) is 25.7 Å². The Morgan fingerprint density at radius 3 is 2.62 bits per heavy atom. The average molecular weight is 720 g/mol. The lowest BCUT2D eigenvalue weighted by atomic mass is 9.86. The molecule has 0 aromatic heterocycles. The molecule has 3 aliphatic rings. The van der Waals surface area contributed by atoms with Crippen molar-refractivity contribution in [1.82, 2.24) is 14.9 Å². The lowest BCUT2D eigenvalue weighted by Crippen LogP contribution is -2.52. The van der Waals surface area contributed by atoms with Crippen LogP contribution in [0.1, 0.15) is 51.5 Å². The van der Waals surface area contributed by atoms with Gasteiger partial charge >= 0.3 is 6.09 Å². The zero-order valence-electron chi connectivity index (χ0n) is 28.6. The predicted molar refractivity (Wildman–Crippen MR) is 181 cm³/mol. The first-order valence-electron chi connectivity index (χ1n) is 17.1. The van der Waals surface area contributed by atoms with E-state index in [0.29, 0.717) is 43.9 Å². The topological polar surface area (TPSA) is 182 Å². The van der Waals surface area contributed by atoms with Gasteiger partial charge in [0.15, 0.2) is 17.8 Å². The van der Waals surface area contributed by atoms with Gasteiger partial charge in [-0.3, -0.25) is 4.79 Å². The minimum atomic E-state index is -4.17. The number of ether oxygens (including phenoxy) is 5. The van der Waals surface area contributed by atoms with Gasteiger partial charge in [0.25, 0.3) is 0 Å². The van der Waals surface area contributed by atoms with Crippen molar-refractivity contribution in [3.63, 3.8) is 0 Å². The summed E-state index contributed by atoms with van der Waals surface area (Å²) < 4.78 is 57.6. The normalized spacial score (nSPS) is 21.1. The summed E-state index contributed by atoms with van der Waals surface area (Å²) in [5.74, 6) is 0.268. The van der Waals surface area contributed by atoms with Crippen molar-refractivity contribution in [3.8, 4) is 11.5 Å². The molecule has 2 aromatic rings. The molecule has 5 rings (SSSR count). The van der Waals surface area contributed by atoms with Crippen LogP contribution in [0.2, 0.25) is 0 Å². The van der Waals surface area contributed by atoms with Gasteiger partial charge < -0.3 is 44.5 Å². The Morgan fingerprint density at radius 1 is 1.06 bits per heavy atom. The molecule has 276 valence electrons. The monoisotopic (exact) mass is 719 g/mol. The molecule has 2 aromatic carbocycles. The van der Waals surface area contributed by atoms with Gasteiger partial charge in [-0.05, 0) is 48.8 Å². The number of carbonyl (C=O) groups is 2. The summed E-state index contributed by atoms with van der Waals surface area (Å²) in [5, 5.41) is 26.1. The van der Waals surface area contributed by atoms with Gasteiger partial charge in [-0.25, -0.2) is 13.2 Å². The first kappa shape index (κ1) is 37.8. The highest BCUT2D eigenvalue weighted by Crippen LogP contribution is 2.36. The minimum Gasteiger partial charge on any atom is -0.454 e. The number of carbonyl (C=O) groups excluding carboxylic acids is 2. The zero-order valence-corrected chi connectivity index (χ0v) is 29.4. The van der Waals surface area contributed by atoms with E-state index in [0.717, 1.165) is 18.4 Å². The van der Waals surface area contributed by atoms with Crippen molar-refractivity contribution in [2.45, 2.75) is 81.8 Å². The molecule has 0 spiro atoms. The fraction of sp³-hybridized carbons (Fsp3) is 0.600. The van der Waals surface area contributed by atoms with Crippen LogP contribution in [0, 0.1) is 11.3 Å². The van der Waals surface area contributed by atoms with Gasteiger partial charge in [-0.15, -0.1) is 0 Å². The Labute approximate surface area is 293 Å². The average Bonchev–Trinajstić information content (AvgIpc) is 3.85. The molecular formula is C35H49N3O11S. The molecule has 3 aliphatic heterocycles. The van der Waals surface area contributed by atoms with E-state index >= 15 is 0 Å². The molecule has 2 saturated heterocycles. The van der Waals surface area contributed by atoms with Crippen LogP contribution >= 0.6 is 0 Å². The fourth-order valence-corrected chi connectivity index (χ4v) is 8.20. The van der Waals surface area contributed by atoms with E-state index in [1.807, 2.05) is 44.2 Å². The number of alkyl carbamates (subject to hydrolysis) is 1. The lowest BCUT2D eigenvalue weighted by Gasteiger charge is -2.35. The van der Waals surface area contributed by atoms with Crippen LogP contribution in [-0.4, -0.2) is 106 Å². The summed E-state index contributed by atoms with van der Waals surface area (Å²) in [5.41, 5.74) is 0.326. The maximum atomic E-state index is 14.3. The molecule has 0 bridgehead atoms. The lowest BCUT2D eigenvalue weighted by molar-refractivity contribution is -0.123. The van der Waals surface area contributed by atoms with E-state index in [-0.39, 0.29) is 43.7 Å². The van der Waals surface area contributed by atoms with Gasteiger partial charge in [0.05, 0.1) is 36.2 Å². The quantitative estimate of drug-likeness (QED) is 0.166. The predicted octanol–water partition coefficient (Wildman–Crippen LogP) is 2.56. The van der Waals surface area contributed by atoms with Crippen molar-refractivity contribution < 1.29 is 51.9 Å². The minimum absolute atomic E-state index is 0.00840. The van der Waals surface area contributed by atoms with Gasteiger partial charge in [0.1, 0.15) is 12.7 Å². The van der Waals surface area contributed by atoms with Crippen molar-refractivity contribution in [1.29, 1.82) is 0 Å². The Kier molecular flexibility index (Phi) is 13.0. The molecule has 2 amide bonds. The molecule has 0 aliphatic carbocycles. The zero-order chi connectivity index (χ0) is 35.7. The van der Waals surface area contributed by atoms with Crippen LogP contribution in [0.25, 0.3) is 0 Å². The largest absolute Gasteiger partial charge is 0.454 e. The van der Waals surface area contributed by atoms with E-state index in [1.165, 1.54) is 16.4 Å². The van der Waals surface area contributed by atoms with Gasteiger partial charge in [-0.1, -0.05) is 57.0 Å². The van der Waals surface area contributed by atoms with Crippen LogP contribution in [0.4, 0.5) is 4.79 Å². The summed E-state index contributed by atoms with van der Waals surface area (Å²) in [7, 11) is -4.17. The van der Waals surface area contributed by atoms with E-state index in [1.54, 1.807) is 6.07 Å². The Morgan fingerprint density at radius 2 is 1.84 bits per heavy atom. The Bertz CT molecular complexity index is 1540. The summed E-state index contributed by atoms with van der Waals surface area (Å²) in [4.78, 5) is 24.6. The number of aliphatic hydroxyl groups is 2. The number of unbranched alkanes of at least 4 members (excludes halogenated alkanes) is 2. The molecule has 4 N–H and O–H groups in total. The second kappa shape index (κ2) is 17.2. The fourth-order valence-electron chi connectivity index (χ4n) is 6.54. The second-order valence-electron chi connectivity index (χ2n) is 13.8. The van der Waals surface area contributed by atoms with E-state index in [4.69, 9.17) is 28.8 Å². The molecular weight excluding hydrogens is 670 g/mol. The third-order valence-electron chi connectivity index (χ3n) is 9.28. The van der Waals surface area contributed by atoms with E-state index in [2.05, 4.69) is 10.6 Å². The second-order valence-corrected chi connectivity index (χ2v) is 15.7. The summed E-state index contributed by atoms with van der Waals surface area (Å²) in [6.45, 7) is 4.32. The number of hydrogen-bond donors (Lipinski definition) is 4. The van der Waals surface area contributed by atoms with Crippen LogP contribution in [-0.2, 0) is 35.4 Å². The van der Waals surface area contributed by atoms with Crippen molar-refractivity contribution >= 4 is 22.0 Å². The van der Waals surface area contributed by atoms with Crippen LogP contribution in [0.3, 0.4) is 0 Å². The van der Waals surface area contributed by atoms with E-state index in [9.17, 15) is 23.1 Å². The summed E-state index contributed by atoms with van der Waals surface area (Å²) >= 11 is 0. The van der Waals surface area contributed by atoms with E-state index < -0.39 is 58.6 Å². The SMILES string of the molecule is CC(C)(CCCCCNC(=O)CO)CN(CC(O)C(Cc1ccccc1)NC(=O)OC1COC2OCCC12)S(=O)(=O)c1ccc2c(c1)OCO2. The third kappa shape index (κ3) is 10.1. The molecule has 15 heteroatoms. The van der Waals surface area contributed by atoms with Crippen LogP contribution < -0.4 is 20.1 Å². The number of nitrogens with zero attached hydrogens (tertiary/aromatic N) is 1. The number of amides is 2. The molecule has 2 fully saturated rings. The maximum absolute atomic E-state index is 14.3. The molecule has 3 heterocycles. The van der Waals surface area contributed by atoms with Gasteiger partial charge in [-0.2, -0.15) is 4.31 Å². The number of hydrogen-bond acceptors (Lipinski definition) is 11. The molecule has 0 saturated carbocycles. The number of rotatable bonds is 18. The summed E-state index contributed by atoms with van der Waals surface area (Å²) in [6, 6.07) is 12.8. The third-order valence-corrected chi connectivity index (χ3v) is 11.1. The number of sulfonamides is 1. The standard InChI is InChI=1S/C35H49N3O11S/c1-35(2,14-7-4-8-15-36-32(41)20-39)22-38(50(43,44)25-11-12-29-30(18-25)48-23-47-29)19-28(40)27(17-24-9-5-3-6-10-24)37-34(42)49-31-21-46-33-26(31)13-16-45-33/h3,5-6,9-12,18,26-28,31,33,39-40H,4,7-8,13-17,19-23H2,1-2H3,(H,36,41)(H,37,42). The Hall–Kier alpha value is -3.47. The van der Waals surface area contributed by atoms with Crippen molar-refractivity contribution in [3.05, 3.63) is 54.1 Å². The molecule has 5 atom stereocenters. The molecule has 50 heavy (non-hydrogen) atoms. The maximum Gasteiger partial charge on any atom is 0.407 e. The number of nitrogens with one attached hydrogen (secondary N) is 2. The van der Waals surface area contributed by atoms with Crippen LogP contribution in [0.5, 0.6) is 11.5 Å². The first-order valence-corrected chi connectivity index (χ1v) is 18.6. The first-order chi connectivity index (χ1) is 23.9. The van der Waals surface area contributed by atoms with Crippen molar-refractivity contribution in [2.24, 2.45) is 11.3 Å². The molecule has 14 nitrogen and oxygen atoms in total. The smallest absolute Gasteiger partial charge is 0.407 e. The highest BCUT2D eigenvalue weighted by Gasteiger charge is 2.44.